The van der Waals surface area contributed by atoms with Gasteiger partial charge in [0.05, 0.1) is 14.2 Å². The lowest BCUT2D eigenvalue weighted by atomic mass is 9.94. The highest BCUT2D eigenvalue weighted by Crippen LogP contribution is 2.33. The van der Waals surface area contributed by atoms with Crippen molar-refractivity contribution in [3.05, 3.63) is 93.4 Å². The second-order valence-electron chi connectivity index (χ2n) is 8.27. The van der Waals surface area contributed by atoms with Crippen LogP contribution in [0.2, 0.25) is 0 Å². The van der Waals surface area contributed by atoms with Gasteiger partial charge in [-0.1, -0.05) is 42.5 Å². The van der Waals surface area contributed by atoms with Gasteiger partial charge in [0.2, 0.25) is 0 Å². The van der Waals surface area contributed by atoms with Gasteiger partial charge < -0.3 is 19.1 Å². The number of ether oxygens (including phenoxy) is 2. The molecule has 0 atom stereocenters. The lowest BCUT2D eigenvalue weighted by Crippen LogP contribution is -2.28. The van der Waals surface area contributed by atoms with E-state index in [1.165, 1.54) is 4.57 Å². The molecule has 0 aliphatic rings. The van der Waals surface area contributed by atoms with Gasteiger partial charge in [0, 0.05) is 17.5 Å². The van der Waals surface area contributed by atoms with E-state index < -0.39 is 5.97 Å². The molecule has 0 amide bonds. The highest BCUT2D eigenvalue weighted by molar-refractivity contribution is 6.06. The summed E-state index contributed by atoms with van der Waals surface area (Å²) in [5, 5.41) is 11.4. The Balaban J connectivity index is 1.91. The van der Waals surface area contributed by atoms with Crippen molar-refractivity contribution in [3.63, 3.8) is 0 Å². The van der Waals surface area contributed by atoms with Crippen LogP contribution in [0.4, 0.5) is 0 Å². The van der Waals surface area contributed by atoms with Gasteiger partial charge in [-0.3, -0.25) is 4.79 Å². The number of carboxylic acids is 1. The second kappa shape index (κ2) is 9.43. The van der Waals surface area contributed by atoms with Crippen LogP contribution in [0.5, 0.6) is 11.5 Å². The van der Waals surface area contributed by atoms with E-state index in [1.54, 1.807) is 32.4 Å². The maximum Gasteiger partial charge on any atom is 0.353 e. The molecule has 1 aromatic heterocycles. The fourth-order valence-corrected chi connectivity index (χ4v) is 4.30. The molecule has 4 rings (SSSR count). The summed E-state index contributed by atoms with van der Waals surface area (Å²) in [5.41, 5.74) is 4.08. The van der Waals surface area contributed by atoms with Crippen LogP contribution in [0.3, 0.4) is 0 Å². The number of nitrogens with zero attached hydrogens (tertiary/aromatic N) is 1. The van der Waals surface area contributed by atoms with Crippen molar-refractivity contribution in [2.24, 2.45) is 0 Å². The number of fused-ring (bicyclic) bond motifs is 1. The molecule has 1 heterocycles. The number of rotatable bonds is 7. The largest absolute Gasteiger partial charge is 0.493 e. The third kappa shape index (κ3) is 4.15. The third-order valence-electron chi connectivity index (χ3n) is 6.25. The molecule has 174 valence electrons. The molecule has 6 heteroatoms. The van der Waals surface area contributed by atoms with Crippen LogP contribution in [0.25, 0.3) is 21.9 Å². The zero-order chi connectivity index (χ0) is 24.4. The van der Waals surface area contributed by atoms with E-state index in [-0.39, 0.29) is 17.8 Å². The number of hydrogen-bond donors (Lipinski definition) is 1. The Morgan fingerprint density at radius 1 is 0.882 bits per heavy atom. The molecule has 0 bridgehead atoms. The first-order chi connectivity index (χ1) is 16.3. The summed E-state index contributed by atoms with van der Waals surface area (Å²) in [6.07, 6.45) is 0.450. The first-order valence-electron chi connectivity index (χ1n) is 11.0. The highest BCUT2D eigenvalue weighted by Gasteiger charge is 2.23. The lowest BCUT2D eigenvalue weighted by Gasteiger charge is -2.18. The number of hydrogen-bond acceptors (Lipinski definition) is 4. The molecule has 0 aliphatic heterocycles. The Morgan fingerprint density at radius 2 is 1.59 bits per heavy atom. The number of pyridine rings is 1. The Bertz CT molecular complexity index is 1450. The van der Waals surface area contributed by atoms with Crippen LogP contribution in [0, 0.1) is 13.8 Å². The van der Waals surface area contributed by atoms with Crippen LogP contribution in [0.1, 0.15) is 27.2 Å². The molecule has 34 heavy (non-hydrogen) atoms. The van der Waals surface area contributed by atoms with E-state index in [0.29, 0.717) is 34.3 Å². The number of carboxylic acid groups (broad SMARTS) is 1. The molecule has 1 N–H and O–H groups in total. The number of aromatic carboxylic acids is 1. The van der Waals surface area contributed by atoms with Crippen molar-refractivity contribution in [3.8, 4) is 22.6 Å². The minimum absolute atomic E-state index is 0.00701. The van der Waals surface area contributed by atoms with E-state index >= 15 is 0 Å². The SMILES string of the molecule is COc1ccc(CCn2c(C(=O)O)c(-c3ccc(C)c(C)c3)c3ccccc3c2=O)cc1OC. The van der Waals surface area contributed by atoms with Gasteiger partial charge in [0.15, 0.2) is 11.5 Å². The summed E-state index contributed by atoms with van der Waals surface area (Å²) in [7, 11) is 3.13. The minimum Gasteiger partial charge on any atom is -0.493 e. The molecule has 4 aromatic rings. The zero-order valence-corrected chi connectivity index (χ0v) is 19.7. The van der Waals surface area contributed by atoms with Crippen LogP contribution in [-0.2, 0) is 13.0 Å². The summed E-state index contributed by atoms with van der Waals surface area (Å²) in [4.78, 5) is 26.0. The van der Waals surface area contributed by atoms with Gasteiger partial charge in [-0.25, -0.2) is 4.79 Å². The summed E-state index contributed by atoms with van der Waals surface area (Å²) in [6, 6.07) is 18.6. The fourth-order valence-electron chi connectivity index (χ4n) is 4.30. The predicted molar refractivity (Wildman–Crippen MR) is 133 cm³/mol. The standard InChI is InChI=1S/C28H27NO5/c1-17-9-11-20(15-18(17)2)25-21-7-5-6-8-22(21)27(30)29(26(25)28(31)32)14-13-19-10-12-23(33-3)24(16-19)34-4/h5-12,15-16H,13-14H2,1-4H3,(H,31,32). The molecule has 0 fully saturated rings. The Hall–Kier alpha value is -4.06. The van der Waals surface area contributed by atoms with Gasteiger partial charge in [-0.15, -0.1) is 0 Å². The van der Waals surface area contributed by atoms with Gasteiger partial charge in [-0.2, -0.15) is 0 Å². The summed E-state index contributed by atoms with van der Waals surface area (Å²) in [5.74, 6) is 0.0564. The molecule has 0 radical (unpaired) electrons. The smallest absolute Gasteiger partial charge is 0.353 e. The van der Waals surface area contributed by atoms with Crippen LogP contribution in [0.15, 0.2) is 65.5 Å². The Labute approximate surface area is 198 Å². The van der Waals surface area contributed by atoms with Crippen molar-refractivity contribution >= 4 is 16.7 Å². The summed E-state index contributed by atoms with van der Waals surface area (Å²) < 4.78 is 12.1. The Kier molecular flexibility index (Phi) is 6.41. The molecule has 0 saturated carbocycles. The molecule has 0 aliphatic carbocycles. The van der Waals surface area contributed by atoms with Gasteiger partial charge in [0.1, 0.15) is 5.69 Å². The number of benzene rings is 3. The first-order valence-corrected chi connectivity index (χ1v) is 11.0. The second-order valence-corrected chi connectivity index (χ2v) is 8.27. The molecule has 0 spiro atoms. The minimum atomic E-state index is -1.14. The maximum atomic E-state index is 13.5. The maximum absolute atomic E-state index is 13.5. The van der Waals surface area contributed by atoms with Crippen molar-refractivity contribution < 1.29 is 19.4 Å². The lowest BCUT2D eigenvalue weighted by molar-refractivity contribution is 0.0684. The predicted octanol–water partition coefficient (Wildman–Crippen LogP) is 5.24. The van der Waals surface area contributed by atoms with E-state index in [0.717, 1.165) is 22.3 Å². The first kappa shape index (κ1) is 23.1. The average Bonchev–Trinajstić information content (AvgIpc) is 2.84. The van der Waals surface area contributed by atoms with Crippen molar-refractivity contribution in [1.29, 1.82) is 0 Å². The van der Waals surface area contributed by atoms with Gasteiger partial charge in [-0.05, 0) is 66.1 Å². The van der Waals surface area contributed by atoms with Crippen LogP contribution in [-0.4, -0.2) is 29.9 Å². The summed E-state index contributed by atoms with van der Waals surface area (Å²) >= 11 is 0. The molecule has 0 unspecified atom stereocenters. The highest BCUT2D eigenvalue weighted by atomic mass is 16.5. The molecular formula is C28H27NO5. The van der Waals surface area contributed by atoms with E-state index in [1.807, 2.05) is 56.3 Å². The van der Waals surface area contributed by atoms with E-state index in [2.05, 4.69) is 0 Å². The molecule has 6 nitrogen and oxygen atoms in total. The van der Waals surface area contributed by atoms with Crippen LogP contribution >= 0.6 is 0 Å². The van der Waals surface area contributed by atoms with E-state index in [9.17, 15) is 14.7 Å². The zero-order valence-electron chi connectivity index (χ0n) is 19.7. The quantitative estimate of drug-likeness (QED) is 0.410. The number of carbonyl (C=O) groups is 1. The Morgan fingerprint density at radius 3 is 2.24 bits per heavy atom. The van der Waals surface area contributed by atoms with Crippen molar-refractivity contribution in [1.82, 2.24) is 4.57 Å². The summed E-state index contributed by atoms with van der Waals surface area (Å²) in [6.45, 7) is 4.21. The van der Waals surface area contributed by atoms with Gasteiger partial charge >= 0.3 is 5.97 Å². The monoisotopic (exact) mass is 457 g/mol. The fraction of sp³-hybridized carbons (Fsp3) is 0.214. The third-order valence-corrected chi connectivity index (χ3v) is 6.25. The van der Waals surface area contributed by atoms with Crippen LogP contribution < -0.4 is 15.0 Å². The topological polar surface area (TPSA) is 77.8 Å². The molecular weight excluding hydrogens is 430 g/mol. The normalized spacial score (nSPS) is 10.9. The van der Waals surface area contributed by atoms with Crippen molar-refractivity contribution in [2.75, 3.05) is 14.2 Å². The van der Waals surface area contributed by atoms with E-state index in [4.69, 9.17) is 9.47 Å². The molecule has 3 aromatic carbocycles. The number of methoxy groups -OCH3 is 2. The average molecular weight is 458 g/mol. The van der Waals surface area contributed by atoms with Gasteiger partial charge in [0.25, 0.3) is 5.56 Å². The number of aryl methyl sites for hydroxylation is 3. The number of aromatic nitrogens is 1. The molecule has 0 saturated heterocycles. The van der Waals surface area contributed by atoms with Crippen molar-refractivity contribution in [2.45, 2.75) is 26.8 Å².